The van der Waals surface area contributed by atoms with E-state index in [1.807, 2.05) is 0 Å². The van der Waals surface area contributed by atoms with Crippen molar-refractivity contribution in [1.29, 1.82) is 0 Å². The Morgan fingerprint density at radius 2 is 2.12 bits per heavy atom. The third-order valence-corrected chi connectivity index (χ3v) is 3.67. The first-order chi connectivity index (χ1) is 8.24. The average Bonchev–Trinajstić information content (AvgIpc) is 2.87. The van der Waals surface area contributed by atoms with Crippen LogP contribution in [0, 0.1) is 5.92 Å². The van der Waals surface area contributed by atoms with Crippen LogP contribution in [-0.2, 0) is 0 Å². The summed E-state index contributed by atoms with van der Waals surface area (Å²) >= 11 is 0. The number of aliphatic hydroxyl groups excluding tert-OH is 1. The number of rotatable bonds is 4. The first-order valence-corrected chi connectivity index (χ1v) is 6.46. The molecule has 1 fully saturated rings. The largest absolute Gasteiger partial charge is 0.396 e. The fraction of sp³-hybridized carbons (Fsp3) is 0.571. The summed E-state index contributed by atoms with van der Waals surface area (Å²) in [4.78, 5) is 2.34. The Morgan fingerprint density at radius 1 is 1.41 bits per heavy atom. The van der Waals surface area contributed by atoms with E-state index in [4.69, 9.17) is 10.8 Å². The number of aliphatic hydroxyl groups is 1. The molecule has 2 rings (SSSR count). The highest BCUT2D eigenvalue weighted by atomic mass is 16.3. The van der Waals surface area contributed by atoms with E-state index in [1.165, 1.54) is 11.3 Å². The van der Waals surface area contributed by atoms with Gasteiger partial charge in [-0.25, -0.2) is 0 Å². The average molecular weight is 234 g/mol. The van der Waals surface area contributed by atoms with Gasteiger partial charge in [-0.05, 0) is 30.5 Å². The van der Waals surface area contributed by atoms with Crippen LogP contribution in [0.2, 0.25) is 0 Å². The first kappa shape index (κ1) is 12.4. The van der Waals surface area contributed by atoms with Crippen LogP contribution in [0.3, 0.4) is 0 Å². The summed E-state index contributed by atoms with van der Waals surface area (Å²) in [6.45, 7) is 4.42. The Hall–Kier alpha value is -1.06. The fourth-order valence-electron chi connectivity index (χ4n) is 2.38. The summed E-state index contributed by atoms with van der Waals surface area (Å²) in [6, 6.07) is 8.67. The standard InChI is InChI=1S/C14H22N2O/c1-2-14(15)12-3-5-13(6-4-12)16-8-7-11(9-16)10-17/h3-6,11,14,17H,2,7-10,15H2,1H3/t11?,14-/m0/s1. The third kappa shape index (κ3) is 2.79. The topological polar surface area (TPSA) is 49.5 Å². The third-order valence-electron chi connectivity index (χ3n) is 3.67. The summed E-state index contributed by atoms with van der Waals surface area (Å²) in [5, 5.41) is 9.14. The Morgan fingerprint density at radius 3 is 2.65 bits per heavy atom. The monoisotopic (exact) mass is 234 g/mol. The molecule has 0 aliphatic carbocycles. The quantitative estimate of drug-likeness (QED) is 0.836. The predicted octanol–water partition coefficient (Wildman–Crippen LogP) is 1.92. The molecule has 0 aromatic heterocycles. The molecule has 1 saturated heterocycles. The molecule has 1 aliphatic heterocycles. The van der Waals surface area contributed by atoms with E-state index in [-0.39, 0.29) is 6.04 Å². The summed E-state index contributed by atoms with van der Waals surface area (Å²) < 4.78 is 0. The number of nitrogens with zero attached hydrogens (tertiary/aromatic N) is 1. The first-order valence-electron chi connectivity index (χ1n) is 6.46. The van der Waals surface area contributed by atoms with E-state index in [0.29, 0.717) is 12.5 Å². The molecule has 3 N–H and O–H groups in total. The second-order valence-electron chi connectivity index (χ2n) is 4.89. The van der Waals surface area contributed by atoms with Crippen molar-refractivity contribution in [2.24, 2.45) is 11.7 Å². The minimum Gasteiger partial charge on any atom is -0.396 e. The van der Waals surface area contributed by atoms with Gasteiger partial charge in [0.1, 0.15) is 0 Å². The van der Waals surface area contributed by atoms with Crippen LogP contribution < -0.4 is 10.6 Å². The zero-order valence-electron chi connectivity index (χ0n) is 10.5. The normalized spacial score (nSPS) is 21.8. The van der Waals surface area contributed by atoms with Crippen LogP contribution in [0.1, 0.15) is 31.4 Å². The molecule has 1 unspecified atom stereocenters. The number of hydrogen-bond donors (Lipinski definition) is 2. The summed E-state index contributed by atoms with van der Waals surface area (Å²) in [5.41, 5.74) is 8.44. The van der Waals surface area contributed by atoms with Crippen molar-refractivity contribution in [2.75, 3.05) is 24.6 Å². The number of hydrogen-bond acceptors (Lipinski definition) is 3. The lowest BCUT2D eigenvalue weighted by atomic mass is 10.1. The van der Waals surface area contributed by atoms with Gasteiger partial charge in [-0.1, -0.05) is 19.1 Å². The van der Waals surface area contributed by atoms with E-state index < -0.39 is 0 Å². The molecular weight excluding hydrogens is 212 g/mol. The van der Waals surface area contributed by atoms with Crippen LogP contribution >= 0.6 is 0 Å². The van der Waals surface area contributed by atoms with Gasteiger partial charge in [0.05, 0.1) is 0 Å². The molecular formula is C14H22N2O. The van der Waals surface area contributed by atoms with E-state index in [0.717, 1.165) is 25.9 Å². The van der Waals surface area contributed by atoms with Crippen molar-refractivity contribution >= 4 is 5.69 Å². The van der Waals surface area contributed by atoms with E-state index >= 15 is 0 Å². The lowest BCUT2D eigenvalue weighted by molar-refractivity contribution is 0.238. The van der Waals surface area contributed by atoms with Gasteiger partial charge >= 0.3 is 0 Å². The van der Waals surface area contributed by atoms with Gasteiger partial charge in [0.2, 0.25) is 0 Å². The van der Waals surface area contributed by atoms with Crippen LogP contribution in [0.4, 0.5) is 5.69 Å². The lowest BCUT2D eigenvalue weighted by Crippen LogP contribution is -2.20. The molecule has 0 bridgehead atoms. The van der Waals surface area contributed by atoms with Gasteiger partial charge in [0, 0.05) is 37.3 Å². The molecule has 94 valence electrons. The fourth-order valence-corrected chi connectivity index (χ4v) is 2.38. The van der Waals surface area contributed by atoms with Gasteiger partial charge in [-0.3, -0.25) is 0 Å². The summed E-state index contributed by atoms with van der Waals surface area (Å²) in [5.74, 6) is 0.438. The number of nitrogens with two attached hydrogens (primary N) is 1. The minimum atomic E-state index is 0.146. The molecule has 3 heteroatoms. The van der Waals surface area contributed by atoms with Crippen LogP contribution in [0.5, 0.6) is 0 Å². The second-order valence-corrected chi connectivity index (χ2v) is 4.89. The second kappa shape index (κ2) is 5.52. The van der Waals surface area contributed by atoms with Crippen molar-refractivity contribution in [3.05, 3.63) is 29.8 Å². The van der Waals surface area contributed by atoms with E-state index in [2.05, 4.69) is 36.1 Å². The highest BCUT2D eigenvalue weighted by Crippen LogP contribution is 2.25. The van der Waals surface area contributed by atoms with Gasteiger partial charge in [-0.15, -0.1) is 0 Å². The minimum absolute atomic E-state index is 0.146. The smallest absolute Gasteiger partial charge is 0.0476 e. The molecule has 2 atom stereocenters. The maximum atomic E-state index is 9.14. The van der Waals surface area contributed by atoms with Crippen molar-refractivity contribution in [2.45, 2.75) is 25.8 Å². The van der Waals surface area contributed by atoms with E-state index in [9.17, 15) is 0 Å². The molecule has 1 aromatic rings. The molecule has 1 aliphatic rings. The van der Waals surface area contributed by atoms with Crippen molar-refractivity contribution in [3.63, 3.8) is 0 Å². The zero-order chi connectivity index (χ0) is 12.3. The Kier molecular flexibility index (Phi) is 4.02. The van der Waals surface area contributed by atoms with Gasteiger partial charge in [-0.2, -0.15) is 0 Å². The molecule has 0 spiro atoms. The van der Waals surface area contributed by atoms with Crippen molar-refractivity contribution in [1.82, 2.24) is 0 Å². The Bertz CT molecular complexity index is 350. The Labute approximate surface area is 103 Å². The number of anilines is 1. The Balaban J connectivity index is 2.03. The van der Waals surface area contributed by atoms with Crippen LogP contribution in [-0.4, -0.2) is 24.8 Å². The van der Waals surface area contributed by atoms with Crippen LogP contribution in [0.15, 0.2) is 24.3 Å². The molecule has 17 heavy (non-hydrogen) atoms. The molecule has 3 nitrogen and oxygen atoms in total. The molecule has 0 saturated carbocycles. The van der Waals surface area contributed by atoms with E-state index in [1.54, 1.807) is 0 Å². The predicted molar refractivity (Wildman–Crippen MR) is 71.1 cm³/mol. The molecule has 1 heterocycles. The van der Waals surface area contributed by atoms with Gasteiger partial charge in [0.25, 0.3) is 0 Å². The van der Waals surface area contributed by atoms with Crippen molar-refractivity contribution in [3.8, 4) is 0 Å². The zero-order valence-corrected chi connectivity index (χ0v) is 10.5. The SMILES string of the molecule is CC[C@H](N)c1ccc(N2CCC(CO)C2)cc1. The molecule has 1 aromatic carbocycles. The highest BCUT2D eigenvalue weighted by Gasteiger charge is 2.21. The maximum Gasteiger partial charge on any atom is 0.0476 e. The van der Waals surface area contributed by atoms with Crippen molar-refractivity contribution < 1.29 is 5.11 Å². The maximum absolute atomic E-state index is 9.14. The van der Waals surface area contributed by atoms with Gasteiger partial charge < -0.3 is 15.7 Å². The highest BCUT2D eigenvalue weighted by molar-refractivity contribution is 5.48. The van der Waals surface area contributed by atoms with Crippen LogP contribution in [0.25, 0.3) is 0 Å². The molecule has 0 amide bonds. The molecule has 0 radical (unpaired) electrons. The number of benzene rings is 1. The lowest BCUT2D eigenvalue weighted by Gasteiger charge is -2.19. The van der Waals surface area contributed by atoms with Gasteiger partial charge in [0.15, 0.2) is 0 Å². The summed E-state index contributed by atoms with van der Waals surface area (Å²) in [7, 11) is 0. The summed E-state index contributed by atoms with van der Waals surface area (Å²) in [6.07, 6.45) is 2.06.